The zero-order chi connectivity index (χ0) is 16.4. The molecular weight excluding hydrogens is 336 g/mol. The molecule has 1 saturated carbocycles. The molecule has 2 atom stereocenters. The van der Waals surface area contributed by atoms with Crippen LogP contribution in [0.4, 0.5) is 0 Å². The molecule has 0 radical (unpaired) electrons. The Hall–Kier alpha value is 0.440. The Kier molecular flexibility index (Phi) is 6.44. The van der Waals surface area contributed by atoms with Crippen molar-refractivity contribution >= 4 is 40.8 Å². The van der Waals surface area contributed by atoms with E-state index in [9.17, 15) is 9.35 Å². The maximum absolute atomic E-state index is 12.9. The molecule has 1 aliphatic heterocycles. The van der Waals surface area contributed by atoms with Crippen LogP contribution < -0.4 is 10.0 Å². The first kappa shape index (κ1) is 18.8. The molecule has 128 valence electrons. The van der Waals surface area contributed by atoms with Gasteiger partial charge in [-0.15, -0.1) is 28.2 Å². The highest BCUT2D eigenvalue weighted by molar-refractivity contribution is 8.22. The largest absolute Gasteiger partial charge is 0.598 e. The van der Waals surface area contributed by atoms with Crippen molar-refractivity contribution in [3.8, 4) is 0 Å². The molecule has 2 N–H and O–H groups in total. The molecule has 1 heterocycles. The molecule has 2 rings (SSSR count). The Labute approximate surface area is 146 Å². The van der Waals surface area contributed by atoms with E-state index in [0.29, 0.717) is 6.04 Å². The summed E-state index contributed by atoms with van der Waals surface area (Å²) in [5.74, 6) is 2.08. The summed E-state index contributed by atoms with van der Waals surface area (Å²) in [5, 5.41) is 3.17. The molecule has 1 saturated heterocycles. The lowest BCUT2D eigenvalue weighted by Crippen LogP contribution is -2.58. The Morgan fingerprint density at radius 3 is 2.41 bits per heavy atom. The number of hydrogen-bond acceptors (Lipinski definition) is 5. The number of carbonyl (C=O) groups is 1. The minimum absolute atomic E-state index is 0.0613. The van der Waals surface area contributed by atoms with Crippen molar-refractivity contribution in [3.05, 3.63) is 0 Å². The normalized spacial score (nSPS) is 24.0. The summed E-state index contributed by atoms with van der Waals surface area (Å²) in [6.45, 7) is 8.01. The smallest absolute Gasteiger partial charge is 0.248 e. The van der Waals surface area contributed by atoms with Crippen molar-refractivity contribution in [2.45, 2.75) is 74.3 Å². The maximum Gasteiger partial charge on any atom is 0.248 e. The van der Waals surface area contributed by atoms with Gasteiger partial charge in [0.2, 0.25) is 5.91 Å². The van der Waals surface area contributed by atoms with Gasteiger partial charge in [-0.25, -0.2) is 0 Å². The maximum atomic E-state index is 12.9. The van der Waals surface area contributed by atoms with E-state index in [1.165, 1.54) is 0 Å². The van der Waals surface area contributed by atoms with Crippen LogP contribution in [0.2, 0.25) is 0 Å². The summed E-state index contributed by atoms with van der Waals surface area (Å²) >= 11 is 2.28. The van der Waals surface area contributed by atoms with Crippen LogP contribution in [0.5, 0.6) is 0 Å². The summed E-state index contributed by atoms with van der Waals surface area (Å²) in [6, 6.07) is 0.301. The fourth-order valence-corrected chi connectivity index (χ4v) is 6.65. The monoisotopic (exact) mass is 364 g/mol. The minimum atomic E-state index is -1.16. The van der Waals surface area contributed by atoms with E-state index >= 15 is 0 Å². The van der Waals surface area contributed by atoms with Crippen molar-refractivity contribution in [2.75, 3.05) is 11.5 Å². The molecule has 4 nitrogen and oxygen atoms in total. The number of rotatable bonds is 7. The standard InChI is InChI=1S/C15H28N2O2S3/c1-5-6-12(17-22(19)14(2,3)4)15(20-9-10-21-15)13(18)16-11-7-8-11/h11-12,17H,5-10H2,1-4H3,(H,16,18)/t12-,22-/m0/s1. The van der Waals surface area contributed by atoms with Crippen LogP contribution in [0, 0.1) is 0 Å². The average Bonchev–Trinajstić information content (AvgIpc) is 3.10. The summed E-state index contributed by atoms with van der Waals surface area (Å²) in [6.07, 6.45) is 4.02. The molecule has 2 aliphatic rings. The lowest BCUT2D eigenvalue weighted by Gasteiger charge is -2.37. The van der Waals surface area contributed by atoms with Gasteiger partial charge in [0.1, 0.15) is 4.75 Å². The highest BCUT2D eigenvalue weighted by atomic mass is 32.2. The quantitative estimate of drug-likeness (QED) is 0.680. The van der Waals surface area contributed by atoms with E-state index in [2.05, 4.69) is 17.0 Å². The first-order chi connectivity index (χ1) is 10.3. The summed E-state index contributed by atoms with van der Waals surface area (Å²) in [4.78, 5) is 12.9. The van der Waals surface area contributed by atoms with E-state index in [4.69, 9.17) is 0 Å². The van der Waals surface area contributed by atoms with Crippen LogP contribution in [0.15, 0.2) is 0 Å². The second-order valence-electron chi connectivity index (χ2n) is 6.95. The van der Waals surface area contributed by atoms with Crippen LogP contribution in [0.25, 0.3) is 0 Å². The number of nitrogens with one attached hydrogen (secondary N) is 2. The molecule has 1 aliphatic carbocycles. The van der Waals surface area contributed by atoms with E-state index < -0.39 is 15.4 Å². The number of amides is 1. The number of hydrogen-bond donors (Lipinski definition) is 2. The van der Waals surface area contributed by atoms with Gasteiger partial charge in [-0.3, -0.25) is 4.79 Å². The predicted molar refractivity (Wildman–Crippen MR) is 98.5 cm³/mol. The van der Waals surface area contributed by atoms with Crippen molar-refractivity contribution in [1.29, 1.82) is 0 Å². The van der Waals surface area contributed by atoms with Crippen LogP contribution >= 0.6 is 23.5 Å². The van der Waals surface area contributed by atoms with Crippen molar-refractivity contribution < 1.29 is 9.35 Å². The van der Waals surface area contributed by atoms with Crippen molar-refractivity contribution in [2.24, 2.45) is 0 Å². The molecule has 0 aromatic carbocycles. The highest BCUT2D eigenvalue weighted by Crippen LogP contribution is 2.48. The fraction of sp³-hybridized carbons (Fsp3) is 0.933. The lowest BCUT2D eigenvalue weighted by atomic mass is 10.1. The van der Waals surface area contributed by atoms with Crippen LogP contribution in [-0.4, -0.2) is 42.9 Å². The van der Waals surface area contributed by atoms with E-state index in [1.807, 2.05) is 20.8 Å². The molecule has 1 amide bonds. The summed E-state index contributed by atoms with van der Waals surface area (Å²) in [5.41, 5.74) is 0. The predicted octanol–water partition coefficient (Wildman–Crippen LogP) is 2.66. The Balaban J connectivity index is 2.15. The van der Waals surface area contributed by atoms with E-state index in [0.717, 1.165) is 37.2 Å². The van der Waals surface area contributed by atoms with Gasteiger partial charge in [-0.1, -0.05) is 13.3 Å². The van der Waals surface area contributed by atoms with Gasteiger partial charge in [0.25, 0.3) is 0 Å². The van der Waals surface area contributed by atoms with Gasteiger partial charge in [0, 0.05) is 28.9 Å². The molecule has 0 bridgehead atoms. The zero-order valence-corrected chi connectivity index (χ0v) is 16.4. The summed E-state index contributed by atoms with van der Waals surface area (Å²) < 4.78 is 15.0. The van der Waals surface area contributed by atoms with Crippen LogP contribution in [0.3, 0.4) is 0 Å². The first-order valence-electron chi connectivity index (χ1n) is 8.06. The third kappa shape index (κ3) is 4.50. The molecule has 2 fully saturated rings. The molecule has 7 heteroatoms. The molecule has 22 heavy (non-hydrogen) atoms. The molecule has 0 aromatic rings. The zero-order valence-electron chi connectivity index (χ0n) is 13.9. The fourth-order valence-electron chi connectivity index (χ4n) is 2.35. The van der Waals surface area contributed by atoms with Gasteiger partial charge in [-0.2, -0.15) is 0 Å². The minimum Gasteiger partial charge on any atom is -0.598 e. The van der Waals surface area contributed by atoms with Crippen molar-refractivity contribution in [1.82, 2.24) is 10.0 Å². The average molecular weight is 365 g/mol. The third-order valence-electron chi connectivity index (χ3n) is 3.79. The Morgan fingerprint density at radius 1 is 1.36 bits per heavy atom. The second-order valence-corrected chi connectivity index (χ2v) is 11.9. The Bertz CT molecular complexity index is 391. The third-order valence-corrected chi connectivity index (χ3v) is 8.98. The van der Waals surface area contributed by atoms with Crippen molar-refractivity contribution in [3.63, 3.8) is 0 Å². The first-order valence-corrected chi connectivity index (χ1v) is 11.2. The van der Waals surface area contributed by atoms with Gasteiger partial charge in [0.15, 0.2) is 4.08 Å². The highest BCUT2D eigenvalue weighted by Gasteiger charge is 2.52. The topological polar surface area (TPSA) is 64.2 Å². The second kappa shape index (κ2) is 7.55. The van der Waals surface area contributed by atoms with Gasteiger partial charge in [-0.05, 0) is 40.0 Å². The number of carbonyl (C=O) groups excluding carboxylic acids is 1. The molecule has 0 aromatic heterocycles. The summed E-state index contributed by atoms with van der Waals surface area (Å²) in [7, 11) is 0. The molecule has 0 unspecified atom stereocenters. The van der Waals surface area contributed by atoms with Crippen LogP contribution in [0.1, 0.15) is 53.4 Å². The molecule has 0 spiro atoms. The number of thioether (sulfide) groups is 2. The van der Waals surface area contributed by atoms with Gasteiger partial charge in [0.05, 0.1) is 6.04 Å². The lowest BCUT2D eigenvalue weighted by molar-refractivity contribution is -0.121. The van der Waals surface area contributed by atoms with Gasteiger partial charge >= 0.3 is 0 Å². The Morgan fingerprint density at radius 2 is 1.95 bits per heavy atom. The van der Waals surface area contributed by atoms with Crippen LogP contribution in [-0.2, 0) is 16.2 Å². The van der Waals surface area contributed by atoms with E-state index in [-0.39, 0.29) is 16.7 Å². The SMILES string of the molecule is CCC[C@H](N[S@@+]([O-])C(C)(C)C)C1(C(=O)NC2CC2)SCCS1. The molecular formula is C15H28N2O2S3. The van der Waals surface area contributed by atoms with Gasteiger partial charge < -0.3 is 9.87 Å². The van der Waals surface area contributed by atoms with E-state index in [1.54, 1.807) is 23.5 Å².